The van der Waals surface area contributed by atoms with Gasteiger partial charge in [0.1, 0.15) is 0 Å². The lowest BCUT2D eigenvalue weighted by Crippen LogP contribution is -1.46. The molecule has 0 heterocycles. The van der Waals surface area contributed by atoms with Gasteiger partial charge in [0, 0.05) is 0 Å². The average Bonchev–Trinajstić information content (AvgIpc) is 1.65. The van der Waals surface area contributed by atoms with Crippen LogP contribution in [0.3, 0.4) is 0 Å². The lowest BCUT2D eigenvalue weighted by Gasteiger charge is -1.48. The molecule has 0 aromatic rings. The maximum Gasteiger partial charge on any atom is 0.335 e. The minimum absolute atomic E-state index is 0. The van der Waals surface area contributed by atoms with Crippen LogP contribution in [0.5, 0.6) is 0 Å². The van der Waals surface area contributed by atoms with Gasteiger partial charge in [-0.3, -0.25) is 4.79 Å². The van der Waals surface area contributed by atoms with Crippen LogP contribution in [0, 0.1) is 4.91 Å². The Morgan fingerprint density at radius 3 is 1.21 bits per heavy atom. The second kappa shape index (κ2) is 71.0. The second-order valence-corrected chi connectivity index (χ2v) is 1.39. The fourth-order valence-corrected chi connectivity index (χ4v) is 0. The standard InChI is InChI=1S/CCl2O.2ClH.HNO2.H3N.O2S.H2S/c2-1(3)4;;;2-1-3;;1-3-2;/h;2*1H;(H,2,3);1H3;;1H2. The number of halogens is 4. The highest BCUT2D eigenvalue weighted by atomic mass is 35.5. The summed E-state index contributed by atoms with van der Waals surface area (Å²) in [6.07, 6.45) is 0. The van der Waals surface area contributed by atoms with Crippen molar-refractivity contribution >= 4 is 77.8 Å². The summed E-state index contributed by atoms with van der Waals surface area (Å²) >= 11 is 8.05. The molecule has 13 heteroatoms. The first-order valence-corrected chi connectivity index (χ1v) is 2.72. The van der Waals surface area contributed by atoms with Gasteiger partial charge in [0.05, 0.1) is 0 Å². The van der Waals surface area contributed by atoms with Crippen LogP contribution in [-0.4, -0.2) is 18.3 Å². The maximum atomic E-state index is 8.98. The van der Waals surface area contributed by atoms with Crippen molar-refractivity contribution in [3.8, 4) is 0 Å². The molecule has 14 heavy (non-hydrogen) atoms. The Labute approximate surface area is 112 Å². The molecule has 0 saturated heterocycles. The number of hydrogen-bond donors (Lipinski definition) is 2. The Bertz CT molecular complexity index is 127. The Morgan fingerprint density at radius 1 is 1.21 bits per heavy atom. The first-order valence-electron chi connectivity index (χ1n) is 1.30. The quantitative estimate of drug-likeness (QED) is 0.396. The molecule has 0 aromatic heterocycles. The maximum absolute atomic E-state index is 8.98. The van der Waals surface area contributed by atoms with Gasteiger partial charge in [-0.1, -0.05) is 0 Å². The summed E-state index contributed by atoms with van der Waals surface area (Å²) < 4.78 is 15.7. The molecule has 0 aliphatic carbocycles. The highest BCUT2D eigenvalue weighted by Gasteiger charge is 1.72. The molecule has 92 valence electrons. The molecule has 0 aromatic carbocycles. The van der Waals surface area contributed by atoms with E-state index in [9.17, 15) is 0 Å². The van der Waals surface area contributed by atoms with Crippen molar-refractivity contribution < 1.29 is 18.4 Å². The van der Waals surface area contributed by atoms with E-state index in [1.54, 1.807) is 0 Å². The Kier molecular flexibility index (Phi) is 240. The summed E-state index contributed by atoms with van der Waals surface area (Å²) in [5.74, 6) is 0. The van der Waals surface area contributed by atoms with Crippen molar-refractivity contribution in [2.24, 2.45) is 5.34 Å². The van der Waals surface area contributed by atoms with Crippen LogP contribution in [0.1, 0.15) is 0 Å². The topological polar surface area (TPSA) is 136 Å². The molecule has 0 atom stereocenters. The van der Waals surface area contributed by atoms with Crippen molar-refractivity contribution in [2.45, 2.75) is 0 Å². The third-order valence-corrected chi connectivity index (χ3v) is 0. The van der Waals surface area contributed by atoms with E-state index in [0.717, 1.165) is 0 Å². The largest absolute Gasteiger partial charge is 0.379 e. The monoisotopic (exact) mass is 332 g/mol. The fraction of sp³-hybridized carbons (Fsp3) is 0. The van der Waals surface area contributed by atoms with Crippen molar-refractivity contribution in [3.63, 3.8) is 0 Å². The molecular weight excluding hydrogens is 326 g/mol. The fourth-order valence-electron chi connectivity index (χ4n) is 0. The van der Waals surface area contributed by atoms with Crippen LogP contribution in [0.15, 0.2) is 5.34 Å². The Hall–Kier alpha value is 0.360. The van der Waals surface area contributed by atoms with Gasteiger partial charge in [-0.15, -0.1) is 29.7 Å². The van der Waals surface area contributed by atoms with Gasteiger partial charge in [-0.05, 0) is 23.2 Å². The van der Waals surface area contributed by atoms with Crippen LogP contribution in [0.4, 0.5) is 4.79 Å². The van der Waals surface area contributed by atoms with Crippen LogP contribution < -0.4 is 6.15 Å². The second-order valence-electron chi connectivity index (χ2n) is 0.375. The minimum atomic E-state index is -0.889. The van der Waals surface area contributed by atoms with E-state index in [2.05, 4.69) is 23.2 Å². The van der Waals surface area contributed by atoms with Crippen LogP contribution >= 0.6 is 61.5 Å². The smallest absolute Gasteiger partial charge is 0.335 e. The Morgan fingerprint density at radius 2 is 1.21 bits per heavy atom. The number of carbonyl (C=O) groups is 1. The number of rotatable bonds is 0. The van der Waals surface area contributed by atoms with Gasteiger partial charge in [-0.2, -0.15) is 21.9 Å². The van der Waals surface area contributed by atoms with Crippen molar-refractivity contribution in [3.05, 3.63) is 4.91 Å². The van der Waals surface area contributed by atoms with Crippen LogP contribution in [0.25, 0.3) is 0 Å². The highest BCUT2D eigenvalue weighted by Crippen LogP contribution is 1.84. The van der Waals surface area contributed by atoms with Crippen molar-refractivity contribution in [2.75, 3.05) is 0 Å². The van der Waals surface area contributed by atoms with Gasteiger partial charge >= 0.3 is 16.3 Å². The molecule has 0 saturated carbocycles. The van der Waals surface area contributed by atoms with Crippen LogP contribution in [-0.2, 0) is 11.6 Å². The molecule has 0 amide bonds. The van der Waals surface area contributed by atoms with E-state index in [0.29, 0.717) is 0 Å². The molecule has 0 spiro atoms. The van der Waals surface area contributed by atoms with E-state index >= 15 is 0 Å². The lowest BCUT2D eigenvalue weighted by atomic mass is 11.8. The average molecular weight is 334 g/mol. The van der Waals surface area contributed by atoms with E-state index in [-0.39, 0.29) is 44.5 Å². The number of carbonyl (C=O) groups excluding carboxylic acids is 1. The third kappa shape index (κ3) is 12300. The van der Waals surface area contributed by atoms with E-state index < -0.39 is 16.3 Å². The Balaban J connectivity index is -0.00000000929. The molecule has 0 aliphatic rings. The van der Waals surface area contributed by atoms with Crippen LogP contribution in [0.2, 0.25) is 0 Å². The van der Waals surface area contributed by atoms with Crippen molar-refractivity contribution in [1.82, 2.24) is 6.15 Å². The molecule has 0 bridgehead atoms. The molecule has 0 rings (SSSR count). The first kappa shape index (κ1) is 47.3. The zero-order chi connectivity index (χ0) is 8.99. The van der Waals surface area contributed by atoms with Gasteiger partial charge < -0.3 is 11.4 Å². The SMILES string of the molecule is Cl.Cl.N.O=C(Cl)Cl.O=NO.O=S=O.S. The molecule has 4 N–H and O–H groups in total. The summed E-state index contributed by atoms with van der Waals surface area (Å²) in [6.45, 7) is 0. The minimum Gasteiger partial charge on any atom is -0.379 e. The molecule has 0 aliphatic heterocycles. The predicted octanol–water partition coefficient (Wildman–Crippen LogP) is 2.17. The lowest BCUT2D eigenvalue weighted by molar-refractivity contribution is 0.275. The van der Waals surface area contributed by atoms with Gasteiger partial charge in [0.15, 0.2) is 5.34 Å². The summed E-state index contributed by atoms with van der Waals surface area (Å²) in [5, 5.41) is 7.89. The molecule has 0 radical (unpaired) electrons. The van der Waals surface area contributed by atoms with E-state index in [4.69, 9.17) is 23.3 Å². The van der Waals surface area contributed by atoms with Gasteiger partial charge in [0.25, 0.3) is 0 Å². The van der Waals surface area contributed by atoms with E-state index in [1.807, 2.05) is 0 Å². The third-order valence-electron chi connectivity index (χ3n) is 0. The van der Waals surface area contributed by atoms with Crippen molar-refractivity contribution in [1.29, 1.82) is 0 Å². The molecular formula is CH8Cl4N2O5S2. The summed E-state index contributed by atoms with van der Waals surface area (Å²) in [7, 11) is 0. The zero-order valence-corrected chi connectivity index (χ0v) is 11.2. The van der Waals surface area contributed by atoms with Gasteiger partial charge in [0.2, 0.25) is 0 Å². The number of hydrogen-bond acceptors (Lipinski definition) is 6. The summed E-state index contributed by atoms with van der Waals surface area (Å²) in [4.78, 5) is 17.1. The highest BCUT2D eigenvalue weighted by molar-refractivity contribution is 7.59. The van der Waals surface area contributed by atoms with Gasteiger partial charge in [-0.25, -0.2) is 0 Å². The predicted molar refractivity (Wildman–Crippen MR) is 63.5 cm³/mol. The molecule has 0 unspecified atom stereocenters. The van der Waals surface area contributed by atoms with E-state index in [1.165, 1.54) is 5.34 Å². The molecule has 7 nitrogen and oxygen atoms in total. The molecule has 0 fully saturated rings. The zero-order valence-electron chi connectivity index (χ0n) is 6.22. The normalized spacial score (nSPS) is 3.57. The summed E-state index contributed by atoms with van der Waals surface area (Å²) in [6, 6.07) is 0. The number of nitrogens with zero attached hydrogens (tertiary/aromatic N) is 1. The summed E-state index contributed by atoms with van der Waals surface area (Å²) in [5.41, 5.74) is 0. The first-order chi connectivity index (χ1) is 4.56.